The molecule has 1 rings (SSSR count). The van der Waals surface area contributed by atoms with E-state index in [-0.39, 0.29) is 11.0 Å². The number of hydrogen-bond donors (Lipinski definition) is 0. The minimum atomic E-state index is 0.0185. The maximum Gasteiger partial charge on any atom is 0.175 e. The molecule has 0 aliphatic rings. The van der Waals surface area contributed by atoms with Gasteiger partial charge in [-0.2, -0.15) is 11.8 Å². The molecule has 0 saturated carbocycles. The van der Waals surface area contributed by atoms with Crippen molar-refractivity contribution in [1.82, 2.24) is 0 Å². The Morgan fingerprint density at radius 3 is 2.88 bits per heavy atom. The molecule has 1 nitrogen and oxygen atoms in total. The summed E-state index contributed by atoms with van der Waals surface area (Å²) in [6, 6.07) is 7.16. The van der Waals surface area contributed by atoms with Crippen LogP contribution in [0.3, 0.4) is 0 Å². The molecule has 0 fully saturated rings. The molecule has 0 heterocycles. The Morgan fingerprint density at radius 1 is 1.50 bits per heavy atom. The van der Waals surface area contributed by atoms with Gasteiger partial charge in [0.25, 0.3) is 0 Å². The Morgan fingerprint density at radius 2 is 2.25 bits per heavy atom. The monoisotopic (exact) mass is 256 g/mol. The van der Waals surface area contributed by atoms with Gasteiger partial charge in [0.2, 0.25) is 0 Å². The molecule has 1 aromatic rings. The van der Waals surface area contributed by atoms with Crippen molar-refractivity contribution in [2.75, 3.05) is 5.75 Å². The molecule has 1 atom stereocenters. The summed E-state index contributed by atoms with van der Waals surface area (Å²) in [5.74, 6) is 1.22. The first kappa shape index (κ1) is 13.6. The summed E-state index contributed by atoms with van der Waals surface area (Å²) < 4.78 is 0. The molecular weight excluding hydrogens is 240 g/mol. The van der Waals surface area contributed by atoms with Crippen molar-refractivity contribution in [3.8, 4) is 0 Å². The van der Waals surface area contributed by atoms with Gasteiger partial charge in [0.05, 0.1) is 5.25 Å². The number of ketones is 1. The Labute approximate surface area is 107 Å². The zero-order valence-corrected chi connectivity index (χ0v) is 11.3. The highest BCUT2D eigenvalue weighted by molar-refractivity contribution is 8.00. The smallest absolute Gasteiger partial charge is 0.175 e. The quantitative estimate of drug-likeness (QED) is 0.553. The highest BCUT2D eigenvalue weighted by Crippen LogP contribution is 2.19. The van der Waals surface area contributed by atoms with Crippen LogP contribution < -0.4 is 0 Å². The summed E-state index contributed by atoms with van der Waals surface area (Å²) in [5, 5.41) is 0.640. The Kier molecular flexibility index (Phi) is 5.93. The average molecular weight is 257 g/mol. The summed E-state index contributed by atoms with van der Waals surface area (Å²) in [5.41, 5.74) is 0.712. The number of carbonyl (C=O) groups excluding carboxylic acids is 1. The van der Waals surface area contributed by atoms with E-state index in [0.29, 0.717) is 10.6 Å². The van der Waals surface area contributed by atoms with Crippen molar-refractivity contribution in [2.24, 2.45) is 0 Å². The summed E-state index contributed by atoms with van der Waals surface area (Å²) in [7, 11) is 0. The first-order chi connectivity index (χ1) is 7.65. The van der Waals surface area contributed by atoms with E-state index in [1.807, 2.05) is 19.1 Å². The van der Waals surface area contributed by atoms with Crippen molar-refractivity contribution >= 4 is 29.1 Å². The van der Waals surface area contributed by atoms with Crippen LogP contribution in [-0.4, -0.2) is 16.8 Å². The molecule has 3 heteroatoms. The van der Waals surface area contributed by atoms with E-state index in [9.17, 15) is 4.79 Å². The predicted octanol–water partition coefficient (Wildman–Crippen LogP) is 4.44. The molecule has 16 heavy (non-hydrogen) atoms. The topological polar surface area (TPSA) is 17.1 Å². The van der Waals surface area contributed by atoms with Gasteiger partial charge in [-0.3, -0.25) is 4.79 Å². The third-order valence-electron chi connectivity index (χ3n) is 2.34. The number of carbonyl (C=O) groups is 1. The van der Waals surface area contributed by atoms with Crippen molar-refractivity contribution in [1.29, 1.82) is 0 Å². The van der Waals surface area contributed by atoms with E-state index in [4.69, 9.17) is 11.6 Å². The number of thioether (sulfide) groups is 1. The number of unbranched alkanes of at least 4 members (excludes halogenated alkanes) is 1. The van der Waals surface area contributed by atoms with Crippen LogP contribution in [0.2, 0.25) is 5.02 Å². The van der Waals surface area contributed by atoms with Gasteiger partial charge >= 0.3 is 0 Å². The van der Waals surface area contributed by atoms with E-state index in [0.717, 1.165) is 12.2 Å². The van der Waals surface area contributed by atoms with Gasteiger partial charge < -0.3 is 0 Å². The fraction of sp³-hybridized carbons (Fsp3) is 0.462. The molecule has 0 spiro atoms. The molecule has 0 aromatic heterocycles. The van der Waals surface area contributed by atoms with Crippen LogP contribution in [-0.2, 0) is 0 Å². The largest absolute Gasteiger partial charge is 0.293 e. The van der Waals surface area contributed by atoms with Crippen LogP contribution in [0, 0.1) is 0 Å². The lowest BCUT2D eigenvalue weighted by molar-refractivity contribution is 0.0994. The van der Waals surface area contributed by atoms with Crippen LogP contribution in [0.15, 0.2) is 24.3 Å². The normalized spacial score (nSPS) is 12.4. The van der Waals surface area contributed by atoms with Gasteiger partial charge in [0.1, 0.15) is 0 Å². The van der Waals surface area contributed by atoms with Gasteiger partial charge in [0.15, 0.2) is 5.78 Å². The number of hydrogen-bond acceptors (Lipinski definition) is 2. The van der Waals surface area contributed by atoms with Crippen LogP contribution in [0.4, 0.5) is 0 Å². The third-order valence-corrected chi connectivity index (χ3v) is 3.82. The van der Waals surface area contributed by atoms with Crippen molar-refractivity contribution in [3.63, 3.8) is 0 Å². The van der Waals surface area contributed by atoms with E-state index in [2.05, 4.69) is 6.92 Å². The van der Waals surface area contributed by atoms with E-state index in [1.165, 1.54) is 6.42 Å². The number of halogens is 1. The predicted molar refractivity (Wildman–Crippen MR) is 72.6 cm³/mol. The first-order valence-electron chi connectivity index (χ1n) is 5.56. The molecule has 0 radical (unpaired) electrons. The fourth-order valence-electron chi connectivity index (χ4n) is 1.36. The SMILES string of the molecule is CCCCSC(C)C(=O)c1cccc(Cl)c1. The lowest BCUT2D eigenvalue weighted by atomic mass is 10.1. The van der Waals surface area contributed by atoms with Crippen molar-refractivity contribution in [2.45, 2.75) is 31.9 Å². The summed E-state index contributed by atoms with van der Waals surface area (Å²) in [6.45, 7) is 4.12. The lowest BCUT2D eigenvalue weighted by Crippen LogP contribution is -2.14. The second-order valence-electron chi connectivity index (χ2n) is 3.74. The van der Waals surface area contributed by atoms with Crippen molar-refractivity contribution in [3.05, 3.63) is 34.9 Å². The first-order valence-corrected chi connectivity index (χ1v) is 6.99. The van der Waals surface area contributed by atoms with Gasteiger partial charge in [0, 0.05) is 10.6 Å². The maximum absolute atomic E-state index is 12.0. The lowest BCUT2D eigenvalue weighted by Gasteiger charge is -2.09. The van der Waals surface area contributed by atoms with Gasteiger partial charge in [-0.25, -0.2) is 0 Å². The fourth-order valence-corrected chi connectivity index (χ4v) is 2.64. The zero-order valence-electron chi connectivity index (χ0n) is 9.70. The molecule has 0 aliphatic carbocycles. The molecular formula is C13H17ClOS. The number of Topliss-reactive ketones (excluding diaryl/α,β-unsaturated/α-hetero) is 1. The standard InChI is InChI=1S/C13H17ClOS/c1-3-4-8-16-10(2)13(15)11-6-5-7-12(14)9-11/h5-7,9-10H,3-4,8H2,1-2H3. The Bertz CT molecular complexity index is 352. The maximum atomic E-state index is 12.0. The molecule has 0 bridgehead atoms. The Hall–Kier alpha value is -0.470. The minimum absolute atomic E-state index is 0.0185. The van der Waals surface area contributed by atoms with Gasteiger partial charge in [-0.05, 0) is 31.2 Å². The van der Waals surface area contributed by atoms with Gasteiger partial charge in [-0.1, -0.05) is 37.1 Å². The summed E-state index contributed by atoms with van der Waals surface area (Å²) in [6.07, 6.45) is 2.34. The van der Waals surface area contributed by atoms with Crippen LogP contribution in [0.5, 0.6) is 0 Å². The number of rotatable bonds is 6. The molecule has 88 valence electrons. The van der Waals surface area contributed by atoms with Crippen LogP contribution in [0.25, 0.3) is 0 Å². The second-order valence-corrected chi connectivity index (χ2v) is 5.63. The molecule has 1 aromatic carbocycles. The van der Waals surface area contributed by atoms with E-state index < -0.39 is 0 Å². The summed E-state index contributed by atoms with van der Waals surface area (Å²) in [4.78, 5) is 12.0. The average Bonchev–Trinajstić information content (AvgIpc) is 2.28. The molecule has 0 amide bonds. The highest BCUT2D eigenvalue weighted by Gasteiger charge is 2.15. The second kappa shape index (κ2) is 6.97. The number of benzene rings is 1. The van der Waals surface area contributed by atoms with Crippen LogP contribution >= 0.6 is 23.4 Å². The molecule has 0 aliphatic heterocycles. The molecule has 0 N–H and O–H groups in total. The zero-order chi connectivity index (χ0) is 12.0. The third kappa shape index (κ3) is 4.18. The molecule has 0 saturated heterocycles. The van der Waals surface area contributed by atoms with Crippen molar-refractivity contribution < 1.29 is 4.79 Å². The minimum Gasteiger partial charge on any atom is -0.293 e. The Balaban J connectivity index is 2.56. The van der Waals surface area contributed by atoms with E-state index >= 15 is 0 Å². The molecule has 1 unspecified atom stereocenters. The summed E-state index contributed by atoms with van der Waals surface area (Å²) >= 11 is 7.58. The van der Waals surface area contributed by atoms with Crippen LogP contribution in [0.1, 0.15) is 37.0 Å². The highest BCUT2D eigenvalue weighted by atomic mass is 35.5. The van der Waals surface area contributed by atoms with Gasteiger partial charge in [-0.15, -0.1) is 0 Å². The van der Waals surface area contributed by atoms with E-state index in [1.54, 1.807) is 23.9 Å².